The first kappa shape index (κ1) is 11.8. The topological polar surface area (TPSA) is 37.3 Å². The van der Waals surface area contributed by atoms with Crippen LogP contribution in [0.1, 0.15) is 23.7 Å². The van der Waals surface area contributed by atoms with Gasteiger partial charge in [0.15, 0.2) is 0 Å². The highest BCUT2D eigenvalue weighted by atomic mass is 32.1. The number of nitrogens with one attached hydrogen (secondary N) is 1. The minimum Gasteiger partial charge on any atom is -0.253 e. The molecule has 0 atom stereocenters. The van der Waals surface area contributed by atoms with Gasteiger partial charge >= 0.3 is 0 Å². The van der Waals surface area contributed by atoms with Crippen molar-refractivity contribution in [3.63, 3.8) is 0 Å². The van der Waals surface area contributed by atoms with E-state index in [2.05, 4.69) is 34.6 Å². The first-order valence-corrected chi connectivity index (χ1v) is 6.46. The number of hydrogen-bond acceptors (Lipinski definition) is 4. The fraction of sp³-hybridized carbons (Fsp3) is 0.231. The van der Waals surface area contributed by atoms with Crippen molar-refractivity contribution in [2.75, 3.05) is 5.43 Å². The van der Waals surface area contributed by atoms with Gasteiger partial charge in [-0.1, -0.05) is 31.2 Å². The van der Waals surface area contributed by atoms with E-state index in [0.717, 1.165) is 22.8 Å². The smallest absolute Gasteiger partial charge is 0.203 e. The molecule has 0 aliphatic rings. The molecule has 0 aliphatic carbocycles. The number of nitrogens with zero attached hydrogens (tertiary/aromatic N) is 2. The Kier molecular flexibility index (Phi) is 3.88. The monoisotopic (exact) mass is 245 g/mol. The summed E-state index contributed by atoms with van der Waals surface area (Å²) < 4.78 is 0. The summed E-state index contributed by atoms with van der Waals surface area (Å²) >= 11 is 1.56. The zero-order valence-corrected chi connectivity index (χ0v) is 10.8. The Hall–Kier alpha value is -1.68. The fourth-order valence-electron chi connectivity index (χ4n) is 1.54. The summed E-state index contributed by atoms with van der Waals surface area (Å²) in [6.07, 6.45) is 2.86. The summed E-state index contributed by atoms with van der Waals surface area (Å²) in [7, 11) is 0. The molecule has 2 aromatic rings. The van der Waals surface area contributed by atoms with Crippen molar-refractivity contribution in [2.24, 2.45) is 5.10 Å². The highest BCUT2D eigenvalue weighted by molar-refractivity contribution is 7.13. The van der Waals surface area contributed by atoms with E-state index in [-0.39, 0.29) is 0 Å². The quantitative estimate of drug-likeness (QED) is 0.661. The van der Waals surface area contributed by atoms with Gasteiger partial charge < -0.3 is 0 Å². The van der Waals surface area contributed by atoms with Gasteiger partial charge in [-0.3, -0.25) is 5.43 Å². The molecule has 0 bridgehead atoms. The predicted molar refractivity (Wildman–Crippen MR) is 73.9 cm³/mol. The lowest BCUT2D eigenvalue weighted by Crippen LogP contribution is -1.94. The third-order valence-corrected chi connectivity index (χ3v) is 3.28. The third-order valence-electron chi connectivity index (χ3n) is 2.42. The van der Waals surface area contributed by atoms with E-state index in [0.29, 0.717) is 0 Å². The number of aryl methyl sites for hydroxylation is 2. The summed E-state index contributed by atoms with van der Waals surface area (Å²) in [6, 6.07) is 8.26. The molecule has 1 aromatic heterocycles. The van der Waals surface area contributed by atoms with Gasteiger partial charge in [-0.25, -0.2) is 4.98 Å². The fourth-order valence-corrected chi connectivity index (χ4v) is 2.18. The van der Waals surface area contributed by atoms with E-state index >= 15 is 0 Å². The van der Waals surface area contributed by atoms with E-state index in [9.17, 15) is 0 Å². The molecule has 0 amide bonds. The number of hydrogen-bond donors (Lipinski definition) is 1. The second kappa shape index (κ2) is 5.59. The Morgan fingerprint density at radius 1 is 1.41 bits per heavy atom. The largest absolute Gasteiger partial charge is 0.253 e. The number of hydrazone groups is 1. The van der Waals surface area contributed by atoms with Crippen LogP contribution < -0.4 is 5.43 Å². The van der Waals surface area contributed by atoms with Crippen molar-refractivity contribution >= 4 is 22.7 Å². The molecule has 0 radical (unpaired) electrons. The second-order valence-corrected chi connectivity index (χ2v) is 4.57. The van der Waals surface area contributed by atoms with E-state index in [1.807, 2.05) is 30.7 Å². The number of anilines is 1. The minimum atomic E-state index is 0.827. The molecule has 0 fully saturated rings. The third kappa shape index (κ3) is 3.14. The van der Waals surface area contributed by atoms with Gasteiger partial charge in [-0.05, 0) is 24.5 Å². The molecule has 1 aromatic carbocycles. The maximum atomic E-state index is 4.28. The van der Waals surface area contributed by atoms with Crippen LogP contribution in [0.15, 0.2) is 34.7 Å². The highest BCUT2D eigenvalue weighted by Gasteiger charge is 1.97. The number of benzene rings is 1. The number of thiazole rings is 1. The summed E-state index contributed by atoms with van der Waals surface area (Å²) in [5, 5.41) is 7.03. The van der Waals surface area contributed by atoms with Gasteiger partial charge in [-0.15, -0.1) is 11.3 Å². The van der Waals surface area contributed by atoms with Gasteiger partial charge in [0.1, 0.15) is 0 Å². The minimum absolute atomic E-state index is 0.827. The Balaban J connectivity index is 2.05. The summed E-state index contributed by atoms with van der Waals surface area (Å²) in [5.74, 6) is 0. The predicted octanol–water partition coefficient (Wildman–Crippen LogP) is 3.46. The van der Waals surface area contributed by atoms with Crippen LogP contribution >= 0.6 is 11.3 Å². The molecular formula is C13H15N3S. The van der Waals surface area contributed by atoms with Crippen molar-refractivity contribution in [1.29, 1.82) is 0 Å². The number of rotatable bonds is 4. The Bertz CT molecular complexity index is 517. The Labute approximate surface area is 105 Å². The normalized spacial score (nSPS) is 10.9. The van der Waals surface area contributed by atoms with Crippen molar-refractivity contribution in [3.05, 3.63) is 46.5 Å². The van der Waals surface area contributed by atoms with E-state index in [1.165, 1.54) is 5.56 Å². The SMILES string of the molecule is CCc1ccccc1C=NNc1nc(C)cs1. The standard InChI is InChI=1S/C13H15N3S/c1-3-11-6-4-5-7-12(11)8-14-16-13-15-10(2)9-17-13/h4-9H,3H2,1-2H3,(H,15,16). The maximum Gasteiger partial charge on any atom is 0.203 e. The van der Waals surface area contributed by atoms with Gasteiger partial charge in [-0.2, -0.15) is 5.10 Å². The zero-order chi connectivity index (χ0) is 12.1. The van der Waals surface area contributed by atoms with Gasteiger partial charge in [0.2, 0.25) is 5.13 Å². The van der Waals surface area contributed by atoms with E-state index in [1.54, 1.807) is 11.3 Å². The van der Waals surface area contributed by atoms with E-state index < -0.39 is 0 Å². The van der Waals surface area contributed by atoms with Gasteiger partial charge in [0.05, 0.1) is 11.9 Å². The lowest BCUT2D eigenvalue weighted by atomic mass is 10.1. The second-order valence-electron chi connectivity index (χ2n) is 3.72. The first-order valence-electron chi connectivity index (χ1n) is 5.58. The lowest BCUT2D eigenvalue weighted by Gasteiger charge is -2.01. The van der Waals surface area contributed by atoms with Crippen molar-refractivity contribution in [2.45, 2.75) is 20.3 Å². The van der Waals surface area contributed by atoms with Crippen LogP contribution in [0.5, 0.6) is 0 Å². The molecule has 88 valence electrons. The molecular weight excluding hydrogens is 230 g/mol. The Morgan fingerprint density at radius 2 is 2.24 bits per heavy atom. The van der Waals surface area contributed by atoms with Crippen molar-refractivity contribution in [3.8, 4) is 0 Å². The maximum absolute atomic E-state index is 4.28. The summed E-state index contributed by atoms with van der Waals surface area (Å²) in [4.78, 5) is 4.28. The van der Waals surface area contributed by atoms with E-state index in [4.69, 9.17) is 0 Å². The van der Waals surface area contributed by atoms with Crippen LogP contribution in [0, 0.1) is 6.92 Å². The molecule has 1 N–H and O–H groups in total. The van der Waals surface area contributed by atoms with Crippen LogP contribution in [0.25, 0.3) is 0 Å². The molecule has 0 saturated carbocycles. The van der Waals surface area contributed by atoms with Crippen LogP contribution in [0.4, 0.5) is 5.13 Å². The molecule has 0 unspecified atom stereocenters. The first-order chi connectivity index (χ1) is 8.29. The van der Waals surface area contributed by atoms with Crippen molar-refractivity contribution in [1.82, 2.24) is 4.98 Å². The lowest BCUT2D eigenvalue weighted by molar-refractivity contribution is 1.13. The molecule has 0 aliphatic heterocycles. The summed E-state index contributed by atoms with van der Waals surface area (Å²) in [6.45, 7) is 4.11. The molecule has 4 heteroatoms. The van der Waals surface area contributed by atoms with Crippen LogP contribution in [-0.4, -0.2) is 11.2 Å². The molecule has 0 spiro atoms. The summed E-state index contributed by atoms with van der Waals surface area (Å²) in [5.41, 5.74) is 6.41. The van der Waals surface area contributed by atoms with Crippen LogP contribution in [0.2, 0.25) is 0 Å². The van der Waals surface area contributed by atoms with Crippen LogP contribution in [0.3, 0.4) is 0 Å². The van der Waals surface area contributed by atoms with Crippen molar-refractivity contribution < 1.29 is 0 Å². The molecule has 1 heterocycles. The Morgan fingerprint density at radius 3 is 2.94 bits per heavy atom. The molecule has 0 saturated heterocycles. The average Bonchev–Trinajstić information content (AvgIpc) is 2.76. The van der Waals surface area contributed by atoms with Gasteiger partial charge in [0.25, 0.3) is 0 Å². The average molecular weight is 245 g/mol. The zero-order valence-electron chi connectivity index (χ0n) is 9.97. The van der Waals surface area contributed by atoms with Gasteiger partial charge in [0, 0.05) is 5.38 Å². The highest BCUT2D eigenvalue weighted by Crippen LogP contribution is 2.14. The van der Waals surface area contributed by atoms with Crippen LogP contribution in [-0.2, 0) is 6.42 Å². The number of aromatic nitrogens is 1. The molecule has 2 rings (SSSR count). The molecule has 17 heavy (non-hydrogen) atoms. The molecule has 3 nitrogen and oxygen atoms in total.